The highest BCUT2D eigenvalue weighted by Gasteiger charge is 2.75. The van der Waals surface area contributed by atoms with Gasteiger partial charge in [0, 0.05) is 27.7 Å². The standard InChI is InChI=1S/C36H46N2O6S/c1-30(2)25-11-12-34(6)26(33(25,5)19-22(21-37)29(30)41)18-28(40)36(42)27-20-32(4,15-13-31(27,3)14-16-35(34,36)7)38-45(43,44)24-10-8-9-23(39)17-24/h8-10,17-19,25,27,38-39,42H,11-16,20H2,1-7H3/t25-,27+,31-,32-,33-,34+,35-,36+/m0/s1. The third kappa shape index (κ3) is 4.04. The van der Waals surface area contributed by atoms with E-state index in [-0.39, 0.29) is 45.5 Å². The summed E-state index contributed by atoms with van der Waals surface area (Å²) in [6.45, 7) is 14.0. The minimum absolute atomic E-state index is 0.0400. The molecule has 6 rings (SSSR count). The van der Waals surface area contributed by atoms with Crippen LogP contribution < -0.4 is 4.72 Å². The summed E-state index contributed by atoms with van der Waals surface area (Å²) in [6, 6.07) is 7.67. The number of carbonyl (C=O) groups is 2. The van der Waals surface area contributed by atoms with E-state index in [9.17, 15) is 33.5 Å². The molecular formula is C36H46N2O6S. The lowest BCUT2D eigenvalue weighted by Gasteiger charge is -2.71. The maximum atomic E-state index is 14.7. The second kappa shape index (κ2) is 9.39. The number of carbonyl (C=O) groups excluding carboxylic acids is 2. The number of nitrogens with one attached hydrogen (secondary N) is 1. The Bertz CT molecular complexity index is 1740. The number of phenolic OH excluding ortho intramolecular Hbond substituents is 1. The van der Waals surface area contributed by atoms with Gasteiger partial charge in [-0.25, -0.2) is 13.1 Å². The van der Waals surface area contributed by atoms with E-state index in [2.05, 4.69) is 24.6 Å². The lowest BCUT2D eigenvalue weighted by atomic mass is 9.33. The van der Waals surface area contributed by atoms with E-state index in [4.69, 9.17) is 0 Å². The highest BCUT2D eigenvalue weighted by atomic mass is 32.2. The number of sulfonamides is 1. The number of ketones is 2. The van der Waals surface area contributed by atoms with Crippen LogP contribution in [-0.4, -0.2) is 41.3 Å². The molecular weight excluding hydrogens is 588 g/mol. The first kappa shape index (κ1) is 32.2. The molecule has 0 heterocycles. The van der Waals surface area contributed by atoms with Crippen molar-refractivity contribution in [1.29, 1.82) is 5.26 Å². The fraction of sp³-hybridized carbons (Fsp3) is 0.639. The van der Waals surface area contributed by atoms with Gasteiger partial charge in [-0.1, -0.05) is 53.7 Å². The molecule has 0 bridgehead atoms. The van der Waals surface area contributed by atoms with Gasteiger partial charge < -0.3 is 10.2 Å². The van der Waals surface area contributed by atoms with E-state index in [1.54, 1.807) is 12.2 Å². The molecule has 0 aromatic heterocycles. The van der Waals surface area contributed by atoms with Gasteiger partial charge in [0.25, 0.3) is 0 Å². The minimum atomic E-state index is -4.00. The molecule has 0 amide bonds. The number of benzene rings is 1. The van der Waals surface area contributed by atoms with Crippen molar-refractivity contribution in [3.8, 4) is 11.8 Å². The van der Waals surface area contributed by atoms with E-state index in [1.807, 2.05) is 34.6 Å². The summed E-state index contributed by atoms with van der Waals surface area (Å²) in [5.41, 5.74) is -5.01. The fourth-order valence-electron chi connectivity index (χ4n) is 10.9. The second-order valence-electron chi connectivity index (χ2n) is 16.5. The lowest BCUT2D eigenvalue weighted by molar-refractivity contribution is -0.239. The number of aromatic hydroxyl groups is 1. The van der Waals surface area contributed by atoms with Crippen LogP contribution in [0.5, 0.6) is 5.75 Å². The molecule has 3 fully saturated rings. The summed E-state index contributed by atoms with van der Waals surface area (Å²) >= 11 is 0. The van der Waals surface area contributed by atoms with Crippen molar-refractivity contribution >= 4 is 21.6 Å². The van der Waals surface area contributed by atoms with Crippen molar-refractivity contribution in [2.45, 2.75) is 109 Å². The molecule has 242 valence electrons. The van der Waals surface area contributed by atoms with Crippen molar-refractivity contribution in [1.82, 2.24) is 4.72 Å². The topological polar surface area (TPSA) is 145 Å². The summed E-state index contributed by atoms with van der Waals surface area (Å²) < 4.78 is 29.9. The number of fused-ring (bicyclic) bond motifs is 7. The largest absolute Gasteiger partial charge is 0.508 e. The van der Waals surface area contributed by atoms with E-state index >= 15 is 0 Å². The molecule has 3 N–H and O–H groups in total. The van der Waals surface area contributed by atoms with Crippen LogP contribution in [0.4, 0.5) is 0 Å². The van der Waals surface area contributed by atoms with E-state index in [0.29, 0.717) is 32.1 Å². The maximum absolute atomic E-state index is 14.7. The number of nitriles is 1. The molecule has 0 aliphatic heterocycles. The molecule has 0 radical (unpaired) electrons. The van der Waals surface area contributed by atoms with E-state index < -0.39 is 48.7 Å². The van der Waals surface area contributed by atoms with Crippen LogP contribution in [0.15, 0.2) is 52.5 Å². The highest BCUT2D eigenvalue weighted by Crippen LogP contribution is 2.75. The van der Waals surface area contributed by atoms with Crippen LogP contribution >= 0.6 is 0 Å². The highest BCUT2D eigenvalue weighted by molar-refractivity contribution is 7.89. The number of aliphatic hydroxyl groups is 1. The van der Waals surface area contributed by atoms with Gasteiger partial charge in [0.15, 0.2) is 11.6 Å². The van der Waals surface area contributed by atoms with Gasteiger partial charge in [0.05, 0.1) is 10.5 Å². The summed E-state index contributed by atoms with van der Waals surface area (Å²) in [4.78, 5) is 27.9. The molecule has 8 atom stereocenters. The molecule has 8 nitrogen and oxygen atoms in total. The zero-order chi connectivity index (χ0) is 33.2. The Morgan fingerprint density at radius 2 is 1.62 bits per heavy atom. The fourth-order valence-corrected chi connectivity index (χ4v) is 12.4. The average Bonchev–Trinajstić information content (AvgIpc) is 2.95. The molecule has 0 saturated heterocycles. The molecule has 3 saturated carbocycles. The van der Waals surface area contributed by atoms with Gasteiger partial charge in [-0.05, 0) is 98.5 Å². The Balaban J connectivity index is 1.45. The molecule has 9 heteroatoms. The molecule has 0 unspecified atom stereocenters. The molecule has 5 aliphatic carbocycles. The van der Waals surface area contributed by atoms with Gasteiger partial charge in [-0.15, -0.1) is 0 Å². The molecule has 45 heavy (non-hydrogen) atoms. The average molecular weight is 635 g/mol. The van der Waals surface area contributed by atoms with Crippen LogP contribution in [0.25, 0.3) is 0 Å². The minimum Gasteiger partial charge on any atom is -0.508 e. The van der Waals surface area contributed by atoms with E-state index in [1.165, 1.54) is 24.3 Å². The number of hydrogen-bond acceptors (Lipinski definition) is 7. The van der Waals surface area contributed by atoms with Crippen LogP contribution in [0, 0.1) is 50.2 Å². The third-order valence-electron chi connectivity index (χ3n) is 13.8. The molecule has 0 spiro atoms. The third-order valence-corrected chi connectivity index (χ3v) is 15.4. The summed E-state index contributed by atoms with van der Waals surface area (Å²) in [7, 11) is -4.00. The zero-order valence-electron chi connectivity index (χ0n) is 27.5. The Hall–Kier alpha value is -2.80. The summed E-state index contributed by atoms with van der Waals surface area (Å²) in [6.07, 6.45) is 7.69. The number of hydrogen-bond donors (Lipinski definition) is 3. The van der Waals surface area contributed by atoms with Crippen LogP contribution in [0.2, 0.25) is 0 Å². The van der Waals surface area contributed by atoms with Crippen LogP contribution in [-0.2, 0) is 19.6 Å². The lowest BCUT2D eigenvalue weighted by Crippen LogP contribution is -2.74. The number of nitrogens with zero attached hydrogens (tertiary/aromatic N) is 1. The molecule has 5 aliphatic rings. The first-order valence-electron chi connectivity index (χ1n) is 16.1. The Morgan fingerprint density at radius 3 is 2.27 bits per heavy atom. The smallest absolute Gasteiger partial charge is 0.241 e. The van der Waals surface area contributed by atoms with Gasteiger partial charge in [0.2, 0.25) is 10.0 Å². The van der Waals surface area contributed by atoms with Crippen molar-refractivity contribution < 1.29 is 28.2 Å². The predicted molar refractivity (Wildman–Crippen MR) is 169 cm³/mol. The Morgan fingerprint density at radius 1 is 0.956 bits per heavy atom. The molecule has 1 aromatic rings. The number of phenols is 1. The number of allylic oxidation sites excluding steroid dienone is 3. The molecule has 1 aromatic carbocycles. The predicted octanol–water partition coefficient (Wildman–Crippen LogP) is 5.76. The van der Waals surface area contributed by atoms with Crippen molar-refractivity contribution in [3.63, 3.8) is 0 Å². The zero-order valence-corrected chi connectivity index (χ0v) is 28.3. The van der Waals surface area contributed by atoms with E-state index in [0.717, 1.165) is 12.0 Å². The van der Waals surface area contributed by atoms with Crippen LogP contribution in [0.1, 0.15) is 93.4 Å². The van der Waals surface area contributed by atoms with Gasteiger partial charge in [-0.2, -0.15) is 5.26 Å². The first-order valence-corrected chi connectivity index (χ1v) is 17.6. The van der Waals surface area contributed by atoms with Gasteiger partial charge >= 0.3 is 0 Å². The second-order valence-corrected chi connectivity index (χ2v) is 18.2. The number of rotatable bonds is 3. The summed E-state index contributed by atoms with van der Waals surface area (Å²) in [5.74, 6) is -1.29. The first-order chi connectivity index (χ1) is 20.6. The van der Waals surface area contributed by atoms with Gasteiger partial charge in [0.1, 0.15) is 17.4 Å². The van der Waals surface area contributed by atoms with Gasteiger partial charge in [-0.3, -0.25) is 9.59 Å². The Kier molecular flexibility index (Phi) is 6.71. The van der Waals surface area contributed by atoms with Crippen molar-refractivity contribution in [2.24, 2.45) is 38.9 Å². The maximum Gasteiger partial charge on any atom is 0.241 e. The normalized spacial score (nSPS) is 43.9. The summed E-state index contributed by atoms with van der Waals surface area (Å²) in [5, 5.41) is 32.9. The van der Waals surface area contributed by atoms with Crippen molar-refractivity contribution in [2.75, 3.05) is 0 Å². The Labute approximate surface area is 267 Å². The monoisotopic (exact) mass is 634 g/mol. The quantitative estimate of drug-likeness (QED) is 0.384. The van der Waals surface area contributed by atoms with Crippen molar-refractivity contribution in [3.05, 3.63) is 47.6 Å². The van der Waals surface area contributed by atoms with Crippen LogP contribution in [0.3, 0.4) is 0 Å². The SMILES string of the molecule is CC1(C)C(=O)C(C#N)=C[C@]2(C)C3=CC(=O)[C@]4(O)[C@@H]5C[C@@](C)(NS(=O)(=O)c6cccc(O)c6)CC[C@@]5(C)CC[C@@]4(C)[C@]3(C)CC[C@@H]12. The number of Topliss-reactive ketones (excluding diaryl/α,β-unsaturated/α-hetero) is 1.